The Kier molecular flexibility index (Phi) is 4.59. The molecular formula is C12H19NO2. The van der Waals surface area contributed by atoms with Crippen LogP contribution >= 0.6 is 0 Å². The summed E-state index contributed by atoms with van der Waals surface area (Å²) in [6.07, 6.45) is 0.889. The second-order valence-electron chi connectivity index (χ2n) is 3.77. The molecule has 0 aliphatic carbocycles. The lowest BCUT2D eigenvalue weighted by Crippen LogP contribution is -2.33. The highest BCUT2D eigenvalue weighted by Gasteiger charge is 2.10. The Morgan fingerprint density at radius 1 is 1.40 bits per heavy atom. The molecule has 0 saturated carbocycles. The third-order valence-electron chi connectivity index (χ3n) is 2.57. The molecule has 1 aromatic carbocycles. The van der Waals surface area contributed by atoms with E-state index in [9.17, 15) is 5.11 Å². The Balaban J connectivity index is 2.64. The normalized spacial score (nSPS) is 14.9. The van der Waals surface area contributed by atoms with Gasteiger partial charge in [-0.05, 0) is 31.0 Å². The summed E-state index contributed by atoms with van der Waals surface area (Å²) in [5.41, 5.74) is 1.03. The van der Waals surface area contributed by atoms with Crippen LogP contribution in [0.5, 0.6) is 5.75 Å². The molecule has 2 atom stereocenters. The first-order valence-corrected chi connectivity index (χ1v) is 5.33. The van der Waals surface area contributed by atoms with E-state index in [2.05, 4.69) is 5.32 Å². The van der Waals surface area contributed by atoms with Crippen molar-refractivity contribution in [2.75, 3.05) is 6.61 Å². The van der Waals surface area contributed by atoms with E-state index < -0.39 is 0 Å². The molecular weight excluding hydrogens is 190 g/mol. The summed E-state index contributed by atoms with van der Waals surface area (Å²) >= 11 is 0. The summed E-state index contributed by atoms with van der Waals surface area (Å²) in [6, 6.07) is 7.42. The molecule has 1 rings (SSSR count). The minimum Gasteiger partial charge on any atom is -0.508 e. The SMILES string of the molecule is CC[C@H](CO)NC(C)c1cccc(O)c1. The van der Waals surface area contributed by atoms with Crippen molar-refractivity contribution in [1.29, 1.82) is 0 Å². The van der Waals surface area contributed by atoms with E-state index in [-0.39, 0.29) is 24.4 Å². The highest BCUT2D eigenvalue weighted by Crippen LogP contribution is 2.18. The number of aromatic hydroxyl groups is 1. The van der Waals surface area contributed by atoms with Gasteiger partial charge in [-0.15, -0.1) is 0 Å². The van der Waals surface area contributed by atoms with Gasteiger partial charge in [0.2, 0.25) is 0 Å². The molecule has 0 bridgehead atoms. The second-order valence-corrected chi connectivity index (χ2v) is 3.77. The fourth-order valence-electron chi connectivity index (χ4n) is 1.54. The molecule has 1 aromatic rings. The van der Waals surface area contributed by atoms with Crippen molar-refractivity contribution in [3.05, 3.63) is 29.8 Å². The molecule has 15 heavy (non-hydrogen) atoms. The van der Waals surface area contributed by atoms with Gasteiger partial charge in [-0.25, -0.2) is 0 Å². The average Bonchev–Trinajstić information content (AvgIpc) is 2.25. The second kappa shape index (κ2) is 5.73. The molecule has 0 radical (unpaired) electrons. The van der Waals surface area contributed by atoms with Crippen molar-refractivity contribution >= 4 is 0 Å². The van der Waals surface area contributed by atoms with Gasteiger partial charge in [0.1, 0.15) is 5.75 Å². The topological polar surface area (TPSA) is 52.5 Å². The summed E-state index contributed by atoms with van der Waals surface area (Å²) in [5.74, 6) is 0.276. The van der Waals surface area contributed by atoms with Gasteiger partial charge in [-0.2, -0.15) is 0 Å². The van der Waals surface area contributed by atoms with Crippen LogP contribution in [0.1, 0.15) is 31.9 Å². The van der Waals surface area contributed by atoms with Crippen molar-refractivity contribution in [3.8, 4) is 5.75 Å². The summed E-state index contributed by atoms with van der Waals surface area (Å²) < 4.78 is 0. The van der Waals surface area contributed by atoms with Crippen LogP contribution in [0.15, 0.2) is 24.3 Å². The first-order valence-electron chi connectivity index (χ1n) is 5.33. The van der Waals surface area contributed by atoms with Gasteiger partial charge >= 0.3 is 0 Å². The van der Waals surface area contributed by atoms with Gasteiger partial charge < -0.3 is 15.5 Å². The number of hydrogen-bond acceptors (Lipinski definition) is 3. The Morgan fingerprint density at radius 3 is 2.67 bits per heavy atom. The van der Waals surface area contributed by atoms with E-state index in [1.54, 1.807) is 12.1 Å². The summed E-state index contributed by atoms with van der Waals surface area (Å²) in [5, 5.41) is 21.7. The summed E-state index contributed by atoms with van der Waals surface area (Å²) in [4.78, 5) is 0. The Hall–Kier alpha value is -1.06. The number of aliphatic hydroxyl groups is 1. The van der Waals surface area contributed by atoms with E-state index in [1.807, 2.05) is 26.0 Å². The third kappa shape index (κ3) is 3.53. The zero-order valence-electron chi connectivity index (χ0n) is 9.27. The van der Waals surface area contributed by atoms with Gasteiger partial charge in [-0.1, -0.05) is 19.1 Å². The highest BCUT2D eigenvalue weighted by atomic mass is 16.3. The third-order valence-corrected chi connectivity index (χ3v) is 2.57. The van der Waals surface area contributed by atoms with E-state index in [0.717, 1.165) is 12.0 Å². The maximum atomic E-state index is 9.33. The predicted molar refractivity (Wildman–Crippen MR) is 60.8 cm³/mol. The van der Waals surface area contributed by atoms with Crippen molar-refractivity contribution in [3.63, 3.8) is 0 Å². The molecule has 0 saturated heterocycles. The lowest BCUT2D eigenvalue weighted by atomic mass is 10.1. The van der Waals surface area contributed by atoms with Gasteiger partial charge in [0.05, 0.1) is 6.61 Å². The number of benzene rings is 1. The summed E-state index contributed by atoms with van der Waals surface area (Å²) in [7, 11) is 0. The lowest BCUT2D eigenvalue weighted by molar-refractivity contribution is 0.230. The Morgan fingerprint density at radius 2 is 2.13 bits per heavy atom. The maximum Gasteiger partial charge on any atom is 0.115 e. The Bertz CT molecular complexity index is 297. The number of nitrogens with one attached hydrogen (secondary N) is 1. The zero-order valence-corrected chi connectivity index (χ0v) is 9.27. The first-order chi connectivity index (χ1) is 7.17. The van der Waals surface area contributed by atoms with Crippen LogP contribution in [0.4, 0.5) is 0 Å². The summed E-state index contributed by atoms with van der Waals surface area (Å²) in [6.45, 7) is 4.19. The maximum absolute atomic E-state index is 9.33. The van der Waals surface area contributed by atoms with E-state index in [1.165, 1.54) is 0 Å². The van der Waals surface area contributed by atoms with Crippen LogP contribution < -0.4 is 5.32 Å². The molecule has 0 spiro atoms. The lowest BCUT2D eigenvalue weighted by Gasteiger charge is -2.20. The van der Waals surface area contributed by atoms with Crippen LogP contribution in [0.2, 0.25) is 0 Å². The van der Waals surface area contributed by atoms with Crippen LogP contribution in [-0.2, 0) is 0 Å². The highest BCUT2D eigenvalue weighted by molar-refractivity contribution is 5.29. The molecule has 0 fully saturated rings. The molecule has 0 aliphatic rings. The van der Waals surface area contributed by atoms with Crippen LogP contribution in [0, 0.1) is 0 Å². The molecule has 0 amide bonds. The molecule has 1 unspecified atom stereocenters. The number of rotatable bonds is 5. The average molecular weight is 209 g/mol. The van der Waals surface area contributed by atoms with Crippen molar-refractivity contribution in [2.45, 2.75) is 32.4 Å². The fraction of sp³-hybridized carbons (Fsp3) is 0.500. The minimum atomic E-state index is 0.113. The van der Waals surface area contributed by atoms with Gasteiger partial charge in [0.15, 0.2) is 0 Å². The molecule has 84 valence electrons. The Labute approximate surface area is 90.8 Å². The molecule has 3 N–H and O–H groups in total. The number of phenolic OH excluding ortho intramolecular Hbond substituents is 1. The van der Waals surface area contributed by atoms with Crippen LogP contribution in [-0.4, -0.2) is 22.9 Å². The predicted octanol–water partition coefficient (Wildman–Crippen LogP) is 1.81. The number of hydrogen-bond donors (Lipinski definition) is 3. The molecule has 0 aromatic heterocycles. The molecule has 0 heterocycles. The van der Waals surface area contributed by atoms with Crippen molar-refractivity contribution in [2.24, 2.45) is 0 Å². The first kappa shape index (κ1) is 12.0. The van der Waals surface area contributed by atoms with Gasteiger partial charge in [-0.3, -0.25) is 0 Å². The largest absolute Gasteiger partial charge is 0.508 e. The van der Waals surface area contributed by atoms with Crippen molar-refractivity contribution < 1.29 is 10.2 Å². The standard InChI is InChI=1S/C12H19NO2/c1-3-11(8-14)13-9(2)10-5-4-6-12(15)7-10/h4-7,9,11,13-15H,3,8H2,1-2H3/t9?,11-/m1/s1. The monoisotopic (exact) mass is 209 g/mol. The quantitative estimate of drug-likeness (QED) is 0.693. The number of phenols is 1. The zero-order chi connectivity index (χ0) is 11.3. The van der Waals surface area contributed by atoms with Crippen LogP contribution in [0.3, 0.4) is 0 Å². The molecule has 3 nitrogen and oxygen atoms in total. The van der Waals surface area contributed by atoms with Gasteiger partial charge in [0, 0.05) is 12.1 Å². The van der Waals surface area contributed by atoms with E-state index >= 15 is 0 Å². The van der Waals surface area contributed by atoms with Crippen molar-refractivity contribution in [1.82, 2.24) is 5.32 Å². The van der Waals surface area contributed by atoms with Crippen LogP contribution in [0.25, 0.3) is 0 Å². The fourth-order valence-corrected chi connectivity index (χ4v) is 1.54. The van der Waals surface area contributed by atoms with E-state index in [0.29, 0.717) is 0 Å². The van der Waals surface area contributed by atoms with E-state index in [4.69, 9.17) is 5.11 Å². The van der Waals surface area contributed by atoms with Gasteiger partial charge in [0.25, 0.3) is 0 Å². The molecule has 3 heteroatoms. The number of aliphatic hydroxyl groups excluding tert-OH is 1. The minimum absolute atomic E-state index is 0.113. The molecule has 0 aliphatic heterocycles. The smallest absolute Gasteiger partial charge is 0.115 e.